The number of imide groups is 1. The number of hydrogen-bond donors (Lipinski definition) is 2. The highest BCUT2D eigenvalue weighted by molar-refractivity contribution is 6.33. The van der Waals surface area contributed by atoms with Gasteiger partial charge in [0.25, 0.3) is 11.8 Å². The van der Waals surface area contributed by atoms with Gasteiger partial charge in [0.2, 0.25) is 11.8 Å². The number of ether oxygens (including phenoxy) is 1. The average Bonchev–Trinajstić information content (AvgIpc) is 3.46. The fraction of sp³-hybridized carbons (Fsp3) is 0.435. The molecule has 33 heavy (non-hydrogen) atoms. The Hall–Kier alpha value is -3.20. The number of hydrazine groups is 1. The molecule has 3 aliphatic rings. The predicted octanol–water partition coefficient (Wildman–Crippen LogP) is 1.48. The van der Waals surface area contributed by atoms with Crippen molar-refractivity contribution >= 4 is 41.2 Å². The SMILES string of the molecule is CC(C)[C@H](C(=O)OCC(=O)NNC(=O)c1ccccc1Cl)N1C(=O)[C@H]2[C@H](C1=O)[C@H]1C=C[C@H]2C1. The van der Waals surface area contributed by atoms with Crippen LogP contribution in [-0.4, -0.2) is 47.1 Å². The number of halogens is 1. The number of carbonyl (C=O) groups is 5. The third-order valence-corrected chi connectivity index (χ3v) is 6.76. The minimum atomic E-state index is -1.12. The second kappa shape index (κ2) is 8.97. The maximum atomic E-state index is 13.0. The summed E-state index contributed by atoms with van der Waals surface area (Å²) in [5.74, 6) is -4.18. The van der Waals surface area contributed by atoms with Gasteiger partial charge in [-0.2, -0.15) is 0 Å². The number of nitrogens with one attached hydrogen (secondary N) is 2. The second-order valence-corrected chi connectivity index (χ2v) is 9.23. The Morgan fingerprint density at radius 3 is 2.24 bits per heavy atom. The fourth-order valence-corrected chi connectivity index (χ4v) is 5.19. The molecule has 0 radical (unpaired) electrons. The number of esters is 1. The van der Waals surface area contributed by atoms with Crippen LogP contribution in [0.3, 0.4) is 0 Å². The summed E-state index contributed by atoms with van der Waals surface area (Å²) in [6.07, 6.45) is 4.74. The van der Waals surface area contributed by atoms with E-state index in [1.54, 1.807) is 26.0 Å². The maximum absolute atomic E-state index is 13.0. The van der Waals surface area contributed by atoms with Crippen molar-refractivity contribution in [2.75, 3.05) is 6.61 Å². The molecule has 1 aliphatic heterocycles. The summed E-state index contributed by atoms with van der Waals surface area (Å²) < 4.78 is 5.10. The Bertz CT molecular complexity index is 1020. The molecule has 4 rings (SSSR count). The van der Waals surface area contributed by atoms with Gasteiger partial charge in [0.05, 0.1) is 22.4 Å². The summed E-state index contributed by atoms with van der Waals surface area (Å²) in [4.78, 5) is 64.1. The lowest BCUT2D eigenvalue weighted by molar-refractivity contribution is -0.162. The van der Waals surface area contributed by atoms with Crippen molar-refractivity contribution in [1.82, 2.24) is 15.8 Å². The number of amides is 4. The van der Waals surface area contributed by atoms with Gasteiger partial charge in [-0.05, 0) is 36.3 Å². The Morgan fingerprint density at radius 2 is 1.67 bits per heavy atom. The molecule has 1 saturated heterocycles. The molecule has 2 bridgehead atoms. The van der Waals surface area contributed by atoms with Crippen LogP contribution in [-0.2, 0) is 23.9 Å². The molecule has 174 valence electrons. The molecule has 0 unspecified atom stereocenters. The van der Waals surface area contributed by atoms with E-state index in [1.165, 1.54) is 12.1 Å². The van der Waals surface area contributed by atoms with Crippen molar-refractivity contribution in [3.8, 4) is 0 Å². The monoisotopic (exact) mass is 473 g/mol. The van der Waals surface area contributed by atoms with Crippen LogP contribution in [0.15, 0.2) is 36.4 Å². The smallest absolute Gasteiger partial charge is 0.330 e. The van der Waals surface area contributed by atoms with Gasteiger partial charge in [-0.15, -0.1) is 0 Å². The first kappa shape index (κ1) is 23.0. The molecule has 10 heteroatoms. The van der Waals surface area contributed by atoms with E-state index >= 15 is 0 Å². The summed E-state index contributed by atoms with van der Waals surface area (Å²) in [6.45, 7) is 2.72. The Balaban J connectivity index is 1.34. The van der Waals surface area contributed by atoms with E-state index in [9.17, 15) is 24.0 Å². The number of hydrogen-bond acceptors (Lipinski definition) is 6. The van der Waals surface area contributed by atoms with E-state index in [-0.39, 0.29) is 34.2 Å². The molecule has 5 atom stereocenters. The first-order chi connectivity index (χ1) is 15.7. The van der Waals surface area contributed by atoms with Crippen molar-refractivity contribution in [1.29, 1.82) is 0 Å². The maximum Gasteiger partial charge on any atom is 0.330 e. The molecule has 2 fully saturated rings. The van der Waals surface area contributed by atoms with Gasteiger partial charge in [-0.1, -0.05) is 49.7 Å². The van der Waals surface area contributed by atoms with Crippen LogP contribution in [0.4, 0.5) is 0 Å². The van der Waals surface area contributed by atoms with Crippen LogP contribution >= 0.6 is 11.6 Å². The van der Waals surface area contributed by atoms with Crippen LogP contribution in [0.25, 0.3) is 0 Å². The molecule has 0 spiro atoms. The van der Waals surface area contributed by atoms with Crippen molar-refractivity contribution in [3.63, 3.8) is 0 Å². The number of allylic oxidation sites excluding steroid dienone is 2. The van der Waals surface area contributed by atoms with Crippen LogP contribution in [0.2, 0.25) is 5.02 Å². The van der Waals surface area contributed by atoms with Gasteiger partial charge in [0.1, 0.15) is 6.04 Å². The number of fused-ring (bicyclic) bond motifs is 5. The highest BCUT2D eigenvalue weighted by Gasteiger charge is 2.61. The standard InChI is InChI=1S/C23H24ClN3O6/c1-11(2)19(27-21(30)17-12-7-8-13(9-12)18(17)22(27)31)23(32)33-10-16(28)25-26-20(29)14-5-3-4-6-15(14)24/h3-8,11-13,17-19H,9-10H2,1-2H3,(H,25,28)(H,26,29)/t12-,13-,17+,18+,19+/m0/s1. The molecule has 2 aliphatic carbocycles. The van der Waals surface area contributed by atoms with E-state index < -0.39 is 48.2 Å². The molecule has 1 aromatic rings. The zero-order valence-electron chi connectivity index (χ0n) is 18.1. The zero-order chi connectivity index (χ0) is 23.9. The summed E-state index contributed by atoms with van der Waals surface area (Å²) in [6, 6.07) is 5.17. The lowest BCUT2D eigenvalue weighted by Crippen LogP contribution is -2.50. The zero-order valence-corrected chi connectivity index (χ0v) is 18.9. The van der Waals surface area contributed by atoms with E-state index in [1.807, 2.05) is 12.2 Å². The first-order valence-corrected chi connectivity index (χ1v) is 11.1. The highest BCUT2D eigenvalue weighted by atomic mass is 35.5. The molecule has 2 N–H and O–H groups in total. The molecular weight excluding hydrogens is 450 g/mol. The molecule has 0 aromatic heterocycles. The Morgan fingerprint density at radius 1 is 1.06 bits per heavy atom. The van der Waals surface area contributed by atoms with Crippen molar-refractivity contribution in [2.45, 2.75) is 26.3 Å². The Kier molecular flexibility index (Phi) is 6.25. The van der Waals surface area contributed by atoms with Gasteiger partial charge in [0.15, 0.2) is 6.61 Å². The van der Waals surface area contributed by atoms with E-state index in [0.29, 0.717) is 0 Å². The second-order valence-electron chi connectivity index (χ2n) is 8.83. The van der Waals surface area contributed by atoms with Gasteiger partial charge in [-0.25, -0.2) is 4.79 Å². The number of carbonyl (C=O) groups excluding carboxylic acids is 5. The van der Waals surface area contributed by atoms with Gasteiger partial charge in [0, 0.05) is 0 Å². The minimum Gasteiger partial charge on any atom is -0.454 e. The summed E-state index contributed by atoms with van der Waals surface area (Å²) in [7, 11) is 0. The topological polar surface area (TPSA) is 122 Å². The van der Waals surface area contributed by atoms with Gasteiger partial charge >= 0.3 is 5.97 Å². The lowest BCUT2D eigenvalue weighted by atomic mass is 9.85. The van der Waals surface area contributed by atoms with Gasteiger partial charge in [-0.3, -0.25) is 34.9 Å². The third-order valence-electron chi connectivity index (χ3n) is 6.44. The fourth-order valence-electron chi connectivity index (χ4n) is 4.97. The molecule has 9 nitrogen and oxygen atoms in total. The Labute approximate surface area is 195 Å². The number of nitrogens with zero attached hydrogens (tertiary/aromatic N) is 1. The summed E-state index contributed by atoms with van der Waals surface area (Å²) in [5, 5.41) is 0.212. The molecule has 4 amide bonds. The summed E-state index contributed by atoms with van der Waals surface area (Å²) >= 11 is 5.94. The van der Waals surface area contributed by atoms with E-state index in [4.69, 9.17) is 16.3 Å². The first-order valence-electron chi connectivity index (χ1n) is 10.8. The molecular formula is C23H24ClN3O6. The van der Waals surface area contributed by atoms with E-state index in [0.717, 1.165) is 11.3 Å². The van der Waals surface area contributed by atoms with Crippen LogP contribution in [0, 0.1) is 29.6 Å². The molecule has 1 heterocycles. The molecule has 1 aromatic carbocycles. The number of benzene rings is 1. The van der Waals surface area contributed by atoms with E-state index in [2.05, 4.69) is 10.9 Å². The lowest BCUT2D eigenvalue weighted by Gasteiger charge is -2.28. The van der Waals surface area contributed by atoms with Crippen molar-refractivity contribution in [3.05, 3.63) is 47.0 Å². The van der Waals surface area contributed by atoms with Gasteiger partial charge < -0.3 is 4.74 Å². The minimum absolute atomic E-state index is 0.0257. The van der Waals surface area contributed by atoms with Crippen molar-refractivity contribution in [2.24, 2.45) is 29.6 Å². The highest BCUT2D eigenvalue weighted by Crippen LogP contribution is 2.53. The quantitative estimate of drug-likeness (QED) is 0.279. The number of likely N-dealkylation sites (tertiary alicyclic amines) is 1. The third kappa shape index (κ3) is 4.13. The summed E-state index contributed by atoms with van der Waals surface area (Å²) in [5.41, 5.74) is 4.49. The normalized spacial score (nSPS) is 25.9. The largest absolute Gasteiger partial charge is 0.454 e. The van der Waals surface area contributed by atoms with Crippen LogP contribution in [0.5, 0.6) is 0 Å². The number of rotatable bonds is 6. The average molecular weight is 474 g/mol. The molecule has 1 saturated carbocycles. The van der Waals surface area contributed by atoms with Crippen LogP contribution < -0.4 is 10.9 Å². The predicted molar refractivity (Wildman–Crippen MR) is 116 cm³/mol. The van der Waals surface area contributed by atoms with Crippen molar-refractivity contribution < 1.29 is 28.7 Å². The van der Waals surface area contributed by atoms with Crippen LogP contribution in [0.1, 0.15) is 30.6 Å².